The Morgan fingerprint density at radius 2 is 2.12 bits per heavy atom. The van der Waals surface area contributed by atoms with E-state index in [4.69, 9.17) is 5.73 Å². The average molecular weight is 356 g/mol. The fourth-order valence-corrected chi connectivity index (χ4v) is 4.79. The van der Waals surface area contributed by atoms with Gasteiger partial charge in [0.2, 0.25) is 0 Å². The van der Waals surface area contributed by atoms with E-state index in [0.29, 0.717) is 5.92 Å². The first kappa shape index (κ1) is 16.8. The Hall–Kier alpha value is -1.60. The minimum Gasteiger partial charge on any atom is -0.391 e. The average Bonchev–Trinajstić information content (AvgIpc) is 3.19. The van der Waals surface area contributed by atoms with Gasteiger partial charge in [-0.2, -0.15) is 0 Å². The molecule has 4 rings (SSSR count). The van der Waals surface area contributed by atoms with E-state index in [9.17, 15) is 5.11 Å². The molecule has 4 N–H and O–H groups in total. The molecule has 1 aromatic carbocycles. The first-order valence-electron chi connectivity index (χ1n) is 8.75. The van der Waals surface area contributed by atoms with Gasteiger partial charge < -0.3 is 16.2 Å². The number of hydrogen-bond acceptors (Lipinski definition) is 6. The van der Waals surface area contributed by atoms with Crippen molar-refractivity contribution in [2.45, 2.75) is 23.6 Å². The van der Waals surface area contributed by atoms with E-state index in [1.807, 2.05) is 17.8 Å². The third-order valence-corrected chi connectivity index (χ3v) is 6.30. The van der Waals surface area contributed by atoms with Gasteiger partial charge in [-0.05, 0) is 29.7 Å². The number of nitrogens with two attached hydrogens (primary N) is 1. The molecule has 2 heterocycles. The second-order valence-electron chi connectivity index (χ2n) is 6.85. The first-order valence-corrected chi connectivity index (χ1v) is 9.74. The normalized spacial score (nSPS) is 28.9. The van der Waals surface area contributed by atoms with Crippen LogP contribution >= 0.6 is 11.8 Å². The molecule has 1 aromatic rings. The van der Waals surface area contributed by atoms with E-state index in [1.165, 1.54) is 16.0 Å². The lowest BCUT2D eigenvalue weighted by atomic mass is 10.1. The number of allylic oxidation sites excluding steroid dienone is 1. The zero-order chi connectivity index (χ0) is 17.2. The molecule has 3 aliphatic rings. The lowest BCUT2D eigenvalue weighted by Crippen LogP contribution is -2.32. The Kier molecular flexibility index (Phi) is 4.94. The minimum absolute atomic E-state index is 0.218. The highest BCUT2D eigenvalue weighted by atomic mass is 32.2. The number of aliphatic hydroxyl groups is 1. The molecule has 1 saturated heterocycles. The molecule has 0 amide bonds. The zero-order valence-corrected chi connectivity index (χ0v) is 15.0. The van der Waals surface area contributed by atoms with Crippen LogP contribution in [0.1, 0.15) is 6.42 Å². The molecule has 0 radical (unpaired) electrons. The Balaban J connectivity index is 1.33. The van der Waals surface area contributed by atoms with Crippen molar-refractivity contribution in [1.82, 2.24) is 10.2 Å². The highest BCUT2D eigenvalue weighted by molar-refractivity contribution is 7.99. The number of aliphatic hydroxyl groups excluding tert-OH is 1. The summed E-state index contributed by atoms with van der Waals surface area (Å²) in [5.41, 5.74) is 9.63. The van der Waals surface area contributed by atoms with Crippen molar-refractivity contribution < 1.29 is 5.11 Å². The predicted octanol–water partition coefficient (Wildman–Crippen LogP) is 1.57. The predicted molar refractivity (Wildman–Crippen MR) is 102 cm³/mol. The molecule has 2 aliphatic heterocycles. The Bertz CT molecular complexity index is 715. The van der Waals surface area contributed by atoms with Crippen molar-refractivity contribution in [2.24, 2.45) is 16.6 Å². The number of thioether (sulfide) groups is 1. The molecule has 0 saturated carbocycles. The van der Waals surface area contributed by atoms with Crippen LogP contribution < -0.4 is 11.1 Å². The summed E-state index contributed by atoms with van der Waals surface area (Å²) in [6, 6.07) is 10.4. The van der Waals surface area contributed by atoms with Crippen molar-refractivity contribution in [1.29, 1.82) is 0 Å². The number of nitrogens with one attached hydrogen (secondary N) is 1. The number of β-amino-alcohol motifs (C(OH)–C–C–N with tert-alkyl or cyclic N) is 1. The maximum absolute atomic E-state index is 10.4. The summed E-state index contributed by atoms with van der Waals surface area (Å²) >= 11 is 1.83. The monoisotopic (exact) mass is 356 g/mol. The van der Waals surface area contributed by atoms with Crippen molar-refractivity contribution in [2.75, 3.05) is 25.4 Å². The van der Waals surface area contributed by atoms with E-state index < -0.39 is 0 Å². The van der Waals surface area contributed by atoms with Gasteiger partial charge in [-0.1, -0.05) is 24.3 Å². The molecular formula is C19H24N4OS. The summed E-state index contributed by atoms with van der Waals surface area (Å²) in [4.78, 5) is 7.82. The summed E-state index contributed by atoms with van der Waals surface area (Å²) in [5, 5.41) is 13.7. The van der Waals surface area contributed by atoms with Gasteiger partial charge in [0.15, 0.2) is 0 Å². The van der Waals surface area contributed by atoms with E-state index in [-0.39, 0.29) is 12.3 Å². The first-order chi connectivity index (χ1) is 12.2. The Morgan fingerprint density at radius 1 is 1.28 bits per heavy atom. The summed E-state index contributed by atoms with van der Waals surface area (Å²) in [7, 11) is 0. The van der Waals surface area contributed by atoms with Crippen LogP contribution in [0.2, 0.25) is 0 Å². The molecule has 0 spiro atoms. The van der Waals surface area contributed by atoms with Crippen LogP contribution in [0.5, 0.6) is 0 Å². The lowest BCUT2D eigenvalue weighted by molar-refractivity contribution is 0.151. The van der Waals surface area contributed by atoms with Crippen molar-refractivity contribution in [3.8, 4) is 0 Å². The SMILES string of the molecule is NC1N=CNC2=C1CC=C2CN1CC(O)C(CSc2ccccc2)C1. The minimum atomic E-state index is -0.255. The molecule has 3 unspecified atom stereocenters. The highest BCUT2D eigenvalue weighted by Crippen LogP contribution is 2.31. The van der Waals surface area contributed by atoms with Crippen LogP contribution in [0, 0.1) is 5.92 Å². The standard InChI is InChI=1S/C19H24N4OS/c20-19-16-7-6-13(18(16)21-12-22-19)8-23-9-14(17(24)10-23)11-25-15-4-2-1-3-5-15/h1-6,12,14,17,19,24H,7-11,20H2,(H,21,22). The van der Waals surface area contributed by atoms with Crippen LogP contribution in [-0.2, 0) is 0 Å². The molecule has 1 aliphatic carbocycles. The molecular weight excluding hydrogens is 332 g/mol. The maximum Gasteiger partial charge on any atom is 0.123 e. The number of nitrogens with zero attached hydrogens (tertiary/aromatic N) is 2. The third-order valence-electron chi connectivity index (χ3n) is 5.09. The van der Waals surface area contributed by atoms with Crippen LogP contribution in [0.25, 0.3) is 0 Å². The quantitative estimate of drug-likeness (QED) is 0.699. The van der Waals surface area contributed by atoms with Gasteiger partial charge in [-0.15, -0.1) is 11.8 Å². The summed E-state index contributed by atoms with van der Waals surface area (Å²) in [6.07, 6.45) is 4.34. The van der Waals surface area contributed by atoms with Crippen LogP contribution in [0.4, 0.5) is 0 Å². The number of benzene rings is 1. The van der Waals surface area contributed by atoms with Crippen LogP contribution in [0.3, 0.4) is 0 Å². The van der Waals surface area contributed by atoms with Crippen LogP contribution in [0.15, 0.2) is 63.1 Å². The van der Waals surface area contributed by atoms with E-state index in [0.717, 1.165) is 37.5 Å². The number of aliphatic imine (C=N–C) groups is 1. The van der Waals surface area contributed by atoms with Gasteiger partial charge in [0.25, 0.3) is 0 Å². The van der Waals surface area contributed by atoms with Gasteiger partial charge in [0, 0.05) is 41.9 Å². The smallest absolute Gasteiger partial charge is 0.123 e. The maximum atomic E-state index is 10.4. The van der Waals surface area contributed by atoms with Gasteiger partial charge in [0.1, 0.15) is 6.17 Å². The highest BCUT2D eigenvalue weighted by Gasteiger charge is 2.33. The largest absolute Gasteiger partial charge is 0.391 e. The molecule has 5 nitrogen and oxygen atoms in total. The van der Waals surface area contributed by atoms with Gasteiger partial charge in [-0.25, -0.2) is 0 Å². The molecule has 25 heavy (non-hydrogen) atoms. The summed E-state index contributed by atoms with van der Waals surface area (Å²) < 4.78 is 0. The third kappa shape index (κ3) is 3.67. The lowest BCUT2D eigenvalue weighted by Gasteiger charge is -2.22. The molecule has 3 atom stereocenters. The summed E-state index contributed by atoms with van der Waals surface area (Å²) in [5.74, 6) is 1.26. The van der Waals surface area contributed by atoms with Crippen molar-refractivity contribution >= 4 is 18.1 Å². The number of rotatable bonds is 5. The fourth-order valence-electron chi connectivity index (χ4n) is 3.71. The molecule has 132 valence electrons. The van der Waals surface area contributed by atoms with Crippen molar-refractivity contribution in [3.05, 3.63) is 53.3 Å². The van der Waals surface area contributed by atoms with Gasteiger partial charge in [-0.3, -0.25) is 9.89 Å². The van der Waals surface area contributed by atoms with E-state index in [2.05, 4.69) is 45.6 Å². The topological polar surface area (TPSA) is 73.9 Å². The molecule has 0 bridgehead atoms. The zero-order valence-electron chi connectivity index (χ0n) is 14.1. The van der Waals surface area contributed by atoms with Gasteiger partial charge in [0.05, 0.1) is 12.4 Å². The Morgan fingerprint density at radius 3 is 2.96 bits per heavy atom. The van der Waals surface area contributed by atoms with Crippen LogP contribution in [-0.4, -0.2) is 54.0 Å². The number of hydrogen-bond donors (Lipinski definition) is 3. The second kappa shape index (κ2) is 7.33. The van der Waals surface area contributed by atoms with E-state index >= 15 is 0 Å². The molecule has 1 fully saturated rings. The van der Waals surface area contributed by atoms with E-state index in [1.54, 1.807) is 6.34 Å². The molecule has 0 aromatic heterocycles. The second-order valence-corrected chi connectivity index (χ2v) is 7.94. The summed E-state index contributed by atoms with van der Waals surface area (Å²) in [6.45, 7) is 2.52. The fraction of sp³-hybridized carbons (Fsp3) is 0.421. The molecule has 6 heteroatoms. The van der Waals surface area contributed by atoms with Gasteiger partial charge >= 0.3 is 0 Å². The Labute approximate surface area is 152 Å². The van der Waals surface area contributed by atoms with Crippen molar-refractivity contribution in [3.63, 3.8) is 0 Å². The number of likely N-dealkylation sites (tertiary alicyclic amines) is 1.